The van der Waals surface area contributed by atoms with E-state index in [0.29, 0.717) is 26.1 Å². The zero-order valence-electron chi connectivity index (χ0n) is 12.7. The number of hydrogen-bond donors (Lipinski definition) is 0. The Bertz CT molecular complexity index is 314. The van der Waals surface area contributed by atoms with Gasteiger partial charge in [-0.2, -0.15) is 8.78 Å². The molecule has 1 fully saturated rings. The van der Waals surface area contributed by atoms with E-state index in [0.717, 1.165) is 19.3 Å². The van der Waals surface area contributed by atoms with Gasteiger partial charge in [0.25, 0.3) is 0 Å². The van der Waals surface area contributed by atoms with E-state index in [1.807, 2.05) is 22.6 Å². The van der Waals surface area contributed by atoms with Gasteiger partial charge in [-0.25, -0.2) is 0 Å². The monoisotopic (exact) mass is 418 g/mol. The number of carbonyl (C=O) groups excluding carboxylic acids is 1. The van der Waals surface area contributed by atoms with E-state index in [1.54, 1.807) is 13.8 Å². The molecule has 1 atom stereocenters. The lowest BCUT2D eigenvalue weighted by atomic mass is 9.83. The van der Waals surface area contributed by atoms with Gasteiger partial charge in [-0.15, -0.1) is 0 Å². The normalized spacial score (nSPS) is 19.0. The fourth-order valence-electron chi connectivity index (χ4n) is 2.69. The molecule has 1 saturated carbocycles. The minimum Gasteiger partial charge on any atom is -0.352 e. The molecule has 0 aromatic rings. The topological polar surface area (TPSA) is 35.5 Å². The second kappa shape index (κ2) is 9.35. The summed E-state index contributed by atoms with van der Waals surface area (Å²) in [6, 6.07) is 0. The molecule has 3 nitrogen and oxygen atoms in total. The largest absolute Gasteiger partial charge is 0.352 e. The molecule has 124 valence electrons. The highest BCUT2D eigenvalue weighted by molar-refractivity contribution is 14.1. The first-order valence-electron chi connectivity index (χ1n) is 7.71. The van der Waals surface area contributed by atoms with Gasteiger partial charge in [0.05, 0.1) is 3.92 Å². The Balaban J connectivity index is 2.61. The van der Waals surface area contributed by atoms with Crippen LogP contribution in [0.4, 0.5) is 8.78 Å². The van der Waals surface area contributed by atoms with E-state index >= 15 is 0 Å². The van der Waals surface area contributed by atoms with E-state index in [-0.39, 0.29) is 0 Å². The maximum Gasteiger partial charge on any atom is 0.306 e. The van der Waals surface area contributed by atoms with Gasteiger partial charge in [-0.1, -0.05) is 41.9 Å². The minimum atomic E-state index is -3.29. The fourth-order valence-corrected chi connectivity index (χ4v) is 3.66. The third-order valence-corrected chi connectivity index (χ3v) is 4.77. The van der Waals surface area contributed by atoms with Crippen molar-refractivity contribution in [2.24, 2.45) is 5.92 Å². The molecule has 0 aliphatic heterocycles. The van der Waals surface area contributed by atoms with Gasteiger partial charge in [0, 0.05) is 25.6 Å². The molecule has 0 amide bonds. The zero-order chi connectivity index (χ0) is 15.9. The molecule has 1 rings (SSSR count). The summed E-state index contributed by atoms with van der Waals surface area (Å²) in [5.41, 5.74) is 0. The van der Waals surface area contributed by atoms with Crippen LogP contribution in [-0.4, -0.2) is 35.1 Å². The van der Waals surface area contributed by atoms with Crippen molar-refractivity contribution < 1.29 is 23.0 Å². The molecular formula is C15H25F2IO3. The van der Waals surface area contributed by atoms with Crippen LogP contribution in [0.3, 0.4) is 0 Å². The second-order valence-electron chi connectivity index (χ2n) is 5.40. The van der Waals surface area contributed by atoms with E-state index in [1.165, 1.54) is 0 Å². The summed E-state index contributed by atoms with van der Waals surface area (Å²) >= 11 is 1.90. The highest BCUT2D eigenvalue weighted by atomic mass is 127. The molecule has 0 radical (unpaired) electrons. The van der Waals surface area contributed by atoms with Crippen LogP contribution >= 0.6 is 22.6 Å². The lowest BCUT2D eigenvalue weighted by Gasteiger charge is -2.28. The van der Waals surface area contributed by atoms with Crippen LogP contribution in [0.15, 0.2) is 0 Å². The summed E-state index contributed by atoms with van der Waals surface area (Å²) in [6.07, 6.45) is 2.78. The number of halogens is 3. The molecule has 1 unspecified atom stereocenters. The Kier molecular flexibility index (Phi) is 8.56. The Morgan fingerprint density at radius 2 is 1.71 bits per heavy atom. The van der Waals surface area contributed by atoms with E-state index in [2.05, 4.69) is 0 Å². The van der Waals surface area contributed by atoms with Crippen molar-refractivity contribution in [1.29, 1.82) is 0 Å². The number of rotatable bonds is 9. The Morgan fingerprint density at radius 1 is 1.19 bits per heavy atom. The van der Waals surface area contributed by atoms with Gasteiger partial charge in [0.2, 0.25) is 5.78 Å². The van der Waals surface area contributed by atoms with Gasteiger partial charge in [-0.05, 0) is 26.7 Å². The molecular weight excluding hydrogens is 393 g/mol. The molecule has 0 heterocycles. The van der Waals surface area contributed by atoms with Crippen LogP contribution in [0, 0.1) is 5.92 Å². The highest BCUT2D eigenvalue weighted by Crippen LogP contribution is 2.35. The van der Waals surface area contributed by atoms with Crippen molar-refractivity contribution in [1.82, 2.24) is 0 Å². The lowest BCUT2D eigenvalue weighted by Crippen LogP contribution is -2.41. The molecule has 6 heteroatoms. The first kappa shape index (κ1) is 19.2. The van der Waals surface area contributed by atoms with E-state index in [9.17, 15) is 13.6 Å². The summed E-state index contributed by atoms with van der Waals surface area (Å²) in [6.45, 7) is 4.38. The molecule has 0 aromatic heterocycles. The van der Waals surface area contributed by atoms with Crippen LogP contribution in [0.5, 0.6) is 0 Å². The number of ketones is 1. The van der Waals surface area contributed by atoms with Gasteiger partial charge in [0.15, 0.2) is 6.29 Å². The predicted octanol–water partition coefficient (Wildman–Crippen LogP) is 4.36. The van der Waals surface area contributed by atoms with Crippen molar-refractivity contribution >= 4 is 28.4 Å². The molecule has 1 aliphatic carbocycles. The van der Waals surface area contributed by atoms with Crippen molar-refractivity contribution in [3.63, 3.8) is 0 Å². The van der Waals surface area contributed by atoms with E-state index < -0.39 is 34.3 Å². The lowest BCUT2D eigenvalue weighted by molar-refractivity contribution is -0.159. The van der Waals surface area contributed by atoms with Gasteiger partial charge >= 0.3 is 5.92 Å². The average molecular weight is 418 g/mol. The van der Waals surface area contributed by atoms with Crippen molar-refractivity contribution in [2.75, 3.05) is 13.2 Å². The summed E-state index contributed by atoms with van der Waals surface area (Å²) in [5, 5.41) is 0. The predicted molar refractivity (Wildman–Crippen MR) is 86.0 cm³/mol. The van der Waals surface area contributed by atoms with Gasteiger partial charge in [0.1, 0.15) is 0 Å². The summed E-state index contributed by atoms with van der Waals surface area (Å²) in [4.78, 5) is 12.1. The molecule has 1 aliphatic rings. The Labute approximate surface area is 139 Å². The van der Waals surface area contributed by atoms with Crippen molar-refractivity contribution in [2.45, 2.75) is 68.5 Å². The average Bonchev–Trinajstić information content (AvgIpc) is 2.46. The van der Waals surface area contributed by atoms with Crippen LogP contribution in [0.2, 0.25) is 0 Å². The summed E-state index contributed by atoms with van der Waals surface area (Å²) < 4.78 is 38.6. The van der Waals surface area contributed by atoms with Crippen LogP contribution in [0.1, 0.15) is 52.4 Å². The zero-order valence-corrected chi connectivity index (χ0v) is 14.9. The second-order valence-corrected chi connectivity index (χ2v) is 7.00. The highest BCUT2D eigenvalue weighted by Gasteiger charge is 2.45. The molecule has 0 bridgehead atoms. The summed E-state index contributed by atoms with van der Waals surface area (Å²) in [7, 11) is 0. The van der Waals surface area contributed by atoms with E-state index in [4.69, 9.17) is 9.47 Å². The fraction of sp³-hybridized carbons (Fsp3) is 0.933. The molecule has 0 N–H and O–H groups in total. The van der Waals surface area contributed by atoms with Crippen LogP contribution < -0.4 is 0 Å². The number of alkyl halides is 3. The minimum absolute atomic E-state index is 0.395. The number of ether oxygens (including phenoxy) is 2. The molecule has 0 spiro atoms. The van der Waals surface area contributed by atoms with Crippen molar-refractivity contribution in [3.8, 4) is 0 Å². The number of carbonyl (C=O) groups is 1. The maximum absolute atomic E-state index is 14.2. The Morgan fingerprint density at radius 3 is 2.19 bits per heavy atom. The van der Waals surface area contributed by atoms with Gasteiger partial charge in [-0.3, -0.25) is 4.79 Å². The first-order valence-corrected chi connectivity index (χ1v) is 8.96. The smallest absolute Gasteiger partial charge is 0.306 e. The quantitative estimate of drug-likeness (QED) is 0.317. The summed E-state index contributed by atoms with van der Waals surface area (Å²) in [5.74, 6) is -4.66. The van der Waals surface area contributed by atoms with Crippen molar-refractivity contribution in [3.05, 3.63) is 0 Å². The maximum atomic E-state index is 14.2. The molecule has 0 saturated heterocycles. The van der Waals surface area contributed by atoms with Crippen LogP contribution in [-0.2, 0) is 14.3 Å². The SMILES string of the molecule is CCOC(OCC)C(I)CC(F)(F)C(=O)C1CCCCC1. The van der Waals surface area contributed by atoms with Crippen LogP contribution in [0.25, 0.3) is 0 Å². The number of hydrogen-bond acceptors (Lipinski definition) is 3. The first-order chi connectivity index (χ1) is 9.92. The Hall–Kier alpha value is 0.180. The number of Topliss-reactive ketones (excluding diaryl/α,β-unsaturated/α-hetero) is 1. The standard InChI is InChI=1S/C15H25F2IO3/c1-3-20-14(21-4-2)12(18)10-15(16,17)13(19)11-8-6-5-7-9-11/h11-12,14H,3-10H2,1-2H3. The third-order valence-electron chi connectivity index (χ3n) is 3.75. The van der Waals surface area contributed by atoms with Gasteiger partial charge < -0.3 is 9.47 Å². The molecule has 0 aromatic carbocycles. The molecule has 21 heavy (non-hydrogen) atoms. The third kappa shape index (κ3) is 6.06.